The van der Waals surface area contributed by atoms with Crippen molar-refractivity contribution in [2.24, 2.45) is 11.7 Å². The van der Waals surface area contributed by atoms with Gasteiger partial charge in [-0.2, -0.15) is 24.4 Å². The van der Waals surface area contributed by atoms with Gasteiger partial charge in [0.15, 0.2) is 0 Å². The molecule has 1 amide bonds. The minimum Gasteiger partial charge on any atom is -0.480 e. The average Bonchev–Trinajstić information content (AvgIpc) is 2.75. The van der Waals surface area contributed by atoms with Crippen molar-refractivity contribution in [3.05, 3.63) is 35.9 Å². The molecule has 0 radical (unpaired) electrons. The molecular formula is C22H38N4O3S2. The number of nitrogens with one attached hydrogen (secondary N) is 3. The third-order valence-electron chi connectivity index (χ3n) is 5.09. The lowest BCUT2D eigenvalue weighted by Gasteiger charge is -2.28. The Hall–Kier alpha value is -1.26. The van der Waals surface area contributed by atoms with E-state index in [0.717, 1.165) is 5.56 Å². The molecule has 7 nitrogen and oxygen atoms in total. The van der Waals surface area contributed by atoms with Gasteiger partial charge in [-0.25, -0.2) is 4.79 Å². The highest BCUT2D eigenvalue weighted by Crippen LogP contribution is 2.08. The molecule has 31 heavy (non-hydrogen) atoms. The van der Waals surface area contributed by atoms with Gasteiger partial charge in [0.2, 0.25) is 5.91 Å². The average molecular weight is 471 g/mol. The van der Waals surface area contributed by atoms with Gasteiger partial charge in [-0.1, -0.05) is 44.2 Å². The lowest BCUT2D eigenvalue weighted by atomic mass is 10.0. The number of carboxylic acids is 1. The monoisotopic (exact) mass is 470 g/mol. The molecule has 0 bridgehead atoms. The first kappa shape index (κ1) is 27.8. The molecule has 0 spiro atoms. The topological polar surface area (TPSA) is 116 Å². The van der Waals surface area contributed by atoms with Gasteiger partial charge < -0.3 is 26.8 Å². The maximum atomic E-state index is 13.0. The van der Waals surface area contributed by atoms with Gasteiger partial charge in [0, 0.05) is 30.9 Å². The molecule has 0 aliphatic rings. The number of nitrogens with two attached hydrogens (primary N) is 1. The Bertz CT molecular complexity index is 649. The van der Waals surface area contributed by atoms with Crippen LogP contribution in [0.25, 0.3) is 0 Å². The number of amides is 1. The Labute approximate surface area is 196 Å². The van der Waals surface area contributed by atoms with Crippen molar-refractivity contribution in [1.29, 1.82) is 0 Å². The van der Waals surface area contributed by atoms with Crippen molar-refractivity contribution in [3.63, 3.8) is 0 Å². The fourth-order valence-electron chi connectivity index (χ4n) is 3.05. The Morgan fingerprint density at radius 1 is 1.13 bits per heavy atom. The molecule has 0 heterocycles. The fraction of sp³-hybridized carbons (Fsp3) is 0.636. The van der Waals surface area contributed by atoms with Crippen LogP contribution in [-0.4, -0.2) is 72.0 Å². The molecule has 0 saturated carbocycles. The SMILES string of the molecule is CSCCC(NC(=O)C(Cc1ccccc1)NCC(NCC(N)CS)C(C)C)C(=O)O. The van der Waals surface area contributed by atoms with Crippen molar-refractivity contribution in [2.75, 3.05) is 30.9 Å². The van der Waals surface area contributed by atoms with Crippen LogP contribution in [0.1, 0.15) is 25.8 Å². The molecule has 1 rings (SSSR count). The number of thioether (sulfide) groups is 1. The minimum absolute atomic E-state index is 0.0410. The fourth-order valence-corrected chi connectivity index (χ4v) is 3.65. The summed E-state index contributed by atoms with van der Waals surface area (Å²) in [4.78, 5) is 24.6. The predicted octanol–water partition coefficient (Wildman–Crippen LogP) is 1.38. The van der Waals surface area contributed by atoms with Crippen molar-refractivity contribution in [3.8, 4) is 0 Å². The third kappa shape index (κ3) is 11.2. The number of thiol groups is 1. The van der Waals surface area contributed by atoms with Crippen molar-refractivity contribution >= 4 is 36.3 Å². The normalized spacial score (nSPS) is 15.3. The van der Waals surface area contributed by atoms with Crippen LogP contribution in [0.5, 0.6) is 0 Å². The standard InChI is InChI=1S/C22H38N4O3S2/c1-15(2)20(24-12-17(23)14-30)13-25-19(11-16-7-5-4-6-8-16)21(27)26-18(22(28)29)9-10-31-3/h4-8,15,17-20,24-25,30H,9-14,23H2,1-3H3,(H,26,27)(H,28,29). The number of carbonyl (C=O) groups excluding carboxylic acids is 1. The van der Waals surface area contributed by atoms with Crippen LogP contribution in [0, 0.1) is 5.92 Å². The lowest BCUT2D eigenvalue weighted by Crippen LogP contribution is -2.55. The van der Waals surface area contributed by atoms with Gasteiger partial charge in [-0.15, -0.1) is 0 Å². The van der Waals surface area contributed by atoms with E-state index in [0.29, 0.717) is 43.4 Å². The molecule has 9 heteroatoms. The molecule has 176 valence electrons. The zero-order valence-electron chi connectivity index (χ0n) is 18.7. The van der Waals surface area contributed by atoms with E-state index in [1.165, 1.54) is 0 Å². The predicted molar refractivity (Wildman–Crippen MR) is 133 cm³/mol. The van der Waals surface area contributed by atoms with E-state index in [1.807, 2.05) is 36.6 Å². The summed E-state index contributed by atoms with van der Waals surface area (Å²) in [7, 11) is 0. The smallest absolute Gasteiger partial charge is 0.326 e. The molecule has 4 atom stereocenters. The molecule has 0 fully saturated rings. The van der Waals surface area contributed by atoms with Gasteiger partial charge in [0.25, 0.3) is 0 Å². The molecule has 0 aromatic heterocycles. The van der Waals surface area contributed by atoms with Gasteiger partial charge in [-0.3, -0.25) is 4.79 Å². The summed E-state index contributed by atoms with van der Waals surface area (Å²) < 4.78 is 0. The third-order valence-corrected chi connectivity index (χ3v) is 6.20. The minimum atomic E-state index is -1.01. The molecular weight excluding hydrogens is 432 g/mol. The highest BCUT2D eigenvalue weighted by atomic mass is 32.2. The molecule has 6 N–H and O–H groups in total. The van der Waals surface area contributed by atoms with E-state index < -0.39 is 18.1 Å². The first-order valence-corrected chi connectivity index (χ1v) is 12.7. The Kier molecular flexibility index (Phi) is 13.9. The van der Waals surface area contributed by atoms with Gasteiger partial charge in [-0.05, 0) is 36.3 Å². The number of hydrogen-bond acceptors (Lipinski definition) is 7. The summed E-state index contributed by atoms with van der Waals surface area (Å²) in [6, 6.07) is 8.36. The second-order valence-electron chi connectivity index (χ2n) is 8.03. The van der Waals surface area contributed by atoms with Crippen LogP contribution in [0.4, 0.5) is 0 Å². The number of benzene rings is 1. The maximum Gasteiger partial charge on any atom is 0.326 e. The molecule has 0 saturated heterocycles. The van der Waals surface area contributed by atoms with Crippen molar-refractivity contribution in [1.82, 2.24) is 16.0 Å². The number of carbonyl (C=O) groups is 2. The summed E-state index contributed by atoms with van der Waals surface area (Å²) in [5.41, 5.74) is 6.98. The summed E-state index contributed by atoms with van der Waals surface area (Å²) in [5, 5.41) is 19.0. The van der Waals surface area contributed by atoms with E-state index in [4.69, 9.17) is 5.73 Å². The van der Waals surface area contributed by atoms with Gasteiger partial charge in [0.05, 0.1) is 6.04 Å². The zero-order valence-corrected chi connectivity index (χ0v) is 20.4. The van der Waals surface area contributed by atoms with Gasteiger partial charge in [0.1, 0.15) is 6.04 Å². The number of hydrogen-bond donors (Lipinski definition) is 6. The van der Waals surface area contributed by atoms with E-state index in [-0.39, 0.29) is 18.0 Å². The van der Waals surface area contributed by atoms with Crippen LogP contribution < -0.4 is 21.7 Å². The van der Waals surface area contributed by atoms with Crippen molar-refractivity contribution in [2.45, 2.75) is 50.9 Å². The van der Waals surface area contributed by atoms with Crippen LogP contribution in [0.3, 0.4) is 0 Å². The summed E-state index contributed by atoms with van der Waals surface area (Å²) in [5.74, 6) is 0.277. The van der Waals surface area contributed by atoms with E-state index in [9.17, 15) is 14.7 Å². The molecule has 1 aromatic rings. The number of carboxylic acid groups (broad SMARTS) is 1. The van der Waals surface area contributed by atoms with Crippen LogP contribution in [-0.2, 0) is 16.0 Å². The maximum absolute atomic E-state index is 13.0. The van der Waals surface area contributed by atoms with Crippen LogP contribution in [0.15, 0.2) is 30.3 Å². The Morgan fingerprint density at radius 3 is 2.35 bits per heavy atom. The highest BCUT2D eigenvalue weighted by molar-refractivity contribution is 7.98. The summed E-state index contributed by atoms with van der Waals surface area (Å²) >= 11 is 5.78. The number of rotatable bonds is 16. The highest BCUT2D eigenvalue weighted by Gasteiger charge is 2.26. The summed E-state index contributed by atoms with van der Waals surface area (Å²) in [6.07, 6.45) is 2.78. The Balaban J connectivity index is 2.86. The van der Waals surface area contributed by atoms with Crippen LogP contribution >= 0.6 is 24.4 Å². The lowest BCUT2D eigenvalue weighted by molar-refractivity contribution is -0.142. The summed E-state index contributed by atoms with van der Waals surface area (Å²) in [6.45, 7) is 5.42. The second kappa shape index (κ2) is 15.5. The van der Waals surface area contributed by atoms with E-state index >= 15 is 0 Å². The zero-order chi connectivity index (χ0) is 23.2. The second-order valence-corrected chi connectivity index (χ2v) is 9.38. The van der Waals surface area contributed by atoms with E-state index in [2.05, 4.69) is 42.4 Å². The molecule has 0 aliphatic heterocycles. The first-order valence-electron chi connectivity index (χ1n) is 10.7. The van der Waals surface area contributed by atoms with Crippen LogP contribution in [0.2, 0.25) is 0 Å². The molecule has 0 aliphatic carbocycles. The van der Waals surface area contributed by atoms with Crippen molar-refractivity contribution < 1.29 is 14.7 Å². The van der Waals surface area contributed by atoms with E-state index in [1.54, 1.807) is 11.8 Å². The molecule has 4 unspecified atom stereocenters. The molecule has 1 aromatic carbocycles. The van der Waals surface area contributed by atoms with Gasteiger partial charge >= 0.3 is 5.97 Å². The largest absolute Gasteiger partial charge is 0.480 e. The first-order chi connectivity index (χ1) is 14.8. The quantitative estimate of drug-likeness (QED) is 0.202. The number of aliphatic carboxylic acids is 1. The Morgan fingerprint density at radius 2 is 1.81 bits per heavy atom.